The van der Waals surface area contributed by atoms with Gasteiger partial charge in [0.15, 0.2) is 0 Å². The maximum Gasteiger partial charge on any atom is 0.0568 e. The number of aliphatic hydroxyl groups is 1. The van der Waals surface area contributed by atoms with Crippen molar-refractivity contribution in [2.75, 3.05) is 0 Å². The van der Waals surface area contributed by atoms with Gasteiger partial charge in [-0.15, -0.1) is 0 Å². The summed E-state index contributed by atoms with van der Waals surface area (Å²) in [5, 5.41) is 9.82. The molecule has 2 atom stereocenters. The molecule has 2 unspecified atom stereocenters. The third kappa shape index (κ3) is 4.66. The van der Waals surface area contributed by atoms with Crippen LogP contribution in [0, 0.1) is 11.3 Å². The Kier molecular flexibility index (Phi) is 5.62. The average Bonchev–Trinajstić information content (AvgIpc) is 2.04. The number of aliphatic hydroxyl groups excluding tert-OH is 1. The van der Waals surface area contributed by atoms with Gasteiger partial charge in [0, 0.05) is 0 Å². The fourth-order valence-corrected chi connectivity index (χ4v) is 1.77. The van der Waals surface area contributed by atoms with Crippen LogP contribution in [0.1, 0.15) is 60.3 Å². The second-order valence-electron chi connectivity index (χ2n) is 4.93. The van der Waals surface area contributed by atoms with Crippen molar-refractivity contribution in [3.63, 3.8) is 0 Å². The summed E-state index contributed by atoms with van der Waals surface area (Å²) in [6.07, 6.45) is 4.44. The van der Waals surface area contributed by atoms with Gasteiger partial charge in [0.1, 0.15) is 0 Å². The molecule has 0 rings (SSSR count). The Morgan fingerprint density at radius 2 is 1.77 bits per heavy atom. The van der Waals surface area contributed by atoms with E-state index in [1.54, 1.807) is 0 Å². The van der Waals surface area contributed by atoms with Crippen LogP contribution in [0.15, 0.2) is 0 Å². The van der Waals surface area contributed by atoms with Crippen molar-refractivity contribution in [2.45, 2.75) is 66.4 Å². The van der Waals surface area contributed by atoms with Gasteiger partial charge in [0.25, 0.3) is 0 Å². The second kappa shape index (κ2) is 5.64. The van der Waals surface area contributed by atoms with Gasteiger partial charge in [-0.3, -0.25) is 0 Å². The molecule has 0 spiro atoms. The SMILES string of the molecule is CCCC(C)(CC)CC(O)C(C)C. The predicted molar refractivity (Wildman–Crippen MR) is 58.8 cm³/mol. The molecule has 0 radical (unpaired) electrons. The Hall–Kier alpha value is -0.0400. The van der Waals surface area contributed by atoms with E-state index >= 15 is 0 Å². The Labute approximate surface area is 83.5 Å². The van der Waals surface area contributed by atoms with Crippen molar-refractivity contribution in [1.82, 2.24) is 0 Å². The second-order valence-corrected chi connectivity index (χ2v) is 4.93. The van der Waals surface area contributed by atoms with Crippen molar-refractivity contribution in [2.24, 2.45) is 11.3 Å². The van der Waals surface area contributed by atoms with E-state index in [-0.39, 0.29) is 6.10 Å². The zero-order chi connectivity index (χ0) is 10.5. The van der Waals surface area contributed by atoms with Gasteiger partial charge in [-0.1, -0.05) is 47.5 Å². The van der Waals surface area contributed by atoms with Gasteiger partial charge in [0.05, 0.1) is 6.10 Å². The van der Waals surface area contributed by atoms with Gasteiger partial charge in [-0.25, -0.2) is 0 Å². The van der Waals surface area contributed by atoms with Crippen molar-refractivity contribution < 1.29 is 5.11 Å². The molecule has 0 aliphatic rings. The molecule has 0 heterocycles. The third-order valence-electron chi connectivity index (χ3n) is 3.18. The molecule has 0 aliphatic carbocycles. The lowest BCUT2D eigenvalue weighted by atomic mass is 9.76. The summed E-state index contributed by atoms with van der Waals surface area (Å²) in [6.45, 7) is 10.9. The summed E-state index contributed by atoms with van der Waals surface area (Å²) >= 11 is 0. The Morgan fingerprint density at radius 1 is 1.23 bits per heavy atom. The number of hydrogen-bond acceptors (Lipinski definition) is 1. The molecule has 0 aromatic heterocycles. The molecule has 1 heteroatoms. The van der Waals surface area contributed by atoms with E-state index in [0.29, 0.717) is 11.3 Å². The first-order chi connectivity index (χ1) is 5.95. The minimum Gasteiger partial charge on any atom is -0.393 e. The molecule has 0 aromatic rings. The van der Waals surface area contributed by atoms with E-state index in [2.05, 4.69) is 34.6 Å². The van der Waals surface area contributed by atoms with Crippen LogP contribution >= 0.6 is 0 Å². The highest BCUT2D eigenvalue weighted by Gasteiger charge is 2.25. The Balaban J connectivity index is 4.09. The van der Waals surface area contributed by atoms with Crippen LogP contribution in [0.3, 0.4) is 0 Å². The van der Waals surface area contributed by atoms with Crippen molar-refractivity contribution in [3.8, 4) is 0 Å². The van der Waals surface area contributed by atoms with E-state index in [9.17, 15) is 5.11 Å². The Morgan fingerprint density at radius 3 is 2.08 bits per heavy atom. The highest BCUT2D eigenvalue weighted by Crippen LogP contribution is 2.34. The highest BCUT2D eigenvalue weighted by molar-refractivity contribution is 4.77. The lowest BCUT2D eigenvalue weighted by molar-refractivity contribution is 0.0621. The molecule has 1 N–H and O–H groups in total. The average molecular weight is 186 g/mol. The zero-order valence-corrected chi connectivity index (χ0v) is 9.93. The molecule has 0 aromatic carbocycles. The van der Waals surface area contributed by atoms with Crippen LogP contribution in [0.25, 0.3) is 0 Å². The quantitative estimate of drug-likeness (QED) is 0.672. The van der Waals surface area contributed by atoms with E-state index in [0.717, 1.165) is 6.42 Å². The van der Waals surface area contributed by atoms with E-state index in [4.69, 9.17) is 0 Å². The maximum atomic E-state index is 9.82. The molecular formula is C12H26O. The molecule has 0 aliphatic heterocycles. The number of rotatable bonds is 6. The fourth-order valence-electron chi connectivity index (χ4n) is 1.77. The monoisotopic (exact) mass is 186 g/mol. The molecule has 0 bridgehead atoms. The largest absolute Gasteiger partial charge is 0.393 e. The zero-order valence-electron chi connectivity index (χ0n) is 9.93. The molecule has 80 valence electrons. The molecule has 13 heavy (non-hydrogen) atoms. The molecule has 0 saturated heterocycles. The summed E-state index contributed by atoms with van der Waals surface area (Å²) in [5.41, 5.74) is 0.346. The molecular weight excluding hydrogens is 160 g/mol. The first kappa shape index (κ1) is 13.0. The first-order valence-electron chi connectivity index (χ1n) is 5.63. The van der Waals surface area contributed by atoms with Gasteiger partial charge < -0.3 is 5.11 Å². The summed E-state index contributed by atoms with van der Waals surface area (Å²) in [7, 11) is 0. The summed E-state index contributed by atoms with van der Waals surface area (Å²) in [5.74, 6) is 0.391. The minimum absolute atomic E-state index is 0.128. The molecule has 1 nitrogen and oxygen atoms in total. The van der Waals surface area contributed by atoms with Gasteiger partial charge in [0.2, 0.25) is 0 Å². The lowest BCUT2D eigenvalue weighted by Crippen LogP contribution is -2.26. The minimum atomic E-state index is -0.128. The first-order valence-corrected chi connectivity index (χ1v) is 5.63. The predicted octanol–water partition coefficient (Wildman–Crippen LogP) is 3.61. The van der Waals surface area contributed by atoms with Gasteiger partial charge in [-0.05, 0) is 24.2 Å². The summed E-state index contributed by atoms with van der Waals surface area (Å²) < 4.78 is 0. The van der Waals surface area contributed by atoms with Gasteiger partial charge >= 0.3 is 0 Å². The number of hydrogen-bond donors (Lipinski definition) is 1. The van der Waals surface area contributed by atoms with Crippen LogP contribution in [0.4, 0.5) is 0 Å². The molecule has 0 amide bonds. The maximum absolute atomic E-state index is 9.82. The Bertz CT molecular complexity index is 131. The lowest BCUT2D eigenvalue weighted by Gasteiger charge is -2.31. The smallest absolute Gasteiger partial charge is 0.0568 e. The van der Waals surface area contributed by atoms with Crippen LogP contribution in [0.2, 0.25) is 0 Å². The standard InChI is InChI=1S/C12H26O/c1-6-8-12(5,7-2)9-11(13)10(3)4/h10-11,13H,6-9H2,1-5H3. The molecule has 0 saturated carbocycles. The fraction of sp³-hybridized carbons (Fsp3) is 1.00. The van der Waals surface area contributed by atoms with E-state index < -0.39 is 0 Å². The van der Waals surface area contributed by atoms with Crippen molar-refractivity contribution >= 4 is 0 Å². The highest BCUT2D eigenvalue weighted by atomic mass is 16.3. The third-order valence-corrected chi connectivity index (χ3v) is 3.18. The van der Waals surface area contributed by atoms with Crippen LogP contribution in [0.5, 0.6) is 0 Å². The van der Waals surface area contributed by atoms with Crippen LogP contribution in [-0.2, 0) is 0 Å². The van der Waals surface area contributed by atoms with E-state index in [1.165, 1.54) is 19.3 Å². The van der Waals surface area contributed by atoms with E-state index in [1.807, 2.05) is 0 Å². The molecule has 0 fully saturated rings. The normalized spacial score (nSPS) is 18.7. The topological polar surface area (TPSA) is 20.2 Å². The van der Waals surface area contributed by atoms with Crippen molar-refractivity contribution in [1.29, 1.82) is 0 Å². The summed E-state index contributed by atoms with van der Waals surface area (Å²) in [6, 6.07) is 0. The van der Waals surface area contributed by atoms with Crippen LogP contribution in [-0.4, -0.2) is 11.2 Å². The van der Waals surface area contributed by atoms with Crippen LogP contribution < -0.4 is 0 Å². The summed E-state index contributed by atoms with van der Waals surface area (Å²) in [4.78, 5) is 0. The van der Waals surface area contributed by atoms with Gasteiger partial charge in [-0.2, -0.15) is 0 Å². The van der Waals surface area contributed by atoms with Crippen molar-refractivity contribution in [3.05, 3.63) is 0 Å².